The molecule has 1 aliphatic heterocycles. The molecule has 1 fully saturated rings. The third kappa shape index (κ3) is 6.73. The van der Waals surface area contributed by atoms with E-state index in [-0.39, 0.29) is 18.6 Å². The standard InChI is InChI=1S/C32H37N3O7/c1-21-18-35(31(38)34-30(21)37)29-17-27(28(19-36)42-29)40-16-10-4-2-3-9-15-33-32(39)41-20-26-24-13-7-5-11-22(24)23-12-6-8-14-25(23)26/h4-8,10-14,18,26-29,36H,2-3,9,15-17,19-20H2,1H3,(H,33,39)(H,34,37,38)/b10-4+/t27-,28+,29+/m0/s1. The average molecular weight is 576 g/mol. The number of carbonyl (C=O) groups excluding carboxylic acids is 1. The van der Waals surface area contributed by atoms with E-state index in [0.717, 1.165) is 19.3 Å². The van der Waals surface area contributed by atoms with Crippen LogP contribution in [0.15, 0.2) is 76.5 Å². The minimum Gasteiger partial charge on any atom is -0.449 e. The number of carbonyl (C=O) groups is 1. The van der Waals surface area contributed by atoms with Crippen LogP contribution in [0.3, 0.4) is 0 Å². The van der Waals surface area contributed by atoms with Gasteiger partial charge in [0.2, 0.25) is 0 Å². The van der Waals surface area contributed by atoms with Crippen molar-refractivity contribution in [1.29, 1.82) is 0 Å². The Labute approximate surface area is 244 Å². The van der Waals surface area contributed by atoms with Crippen molar-refractivity contribution < 1.29 is 24.1 Å². The zero-order valence-electron chi connectivity index (χ0n) is 23.7. The molecule has 0 unspecified atom stereocenters. The highest BCUT2D eigenvalue weighted by Crippen LogP contribution is 2.44. The molecule has 222 valence electrons. The van der Waals surface area contributed by atoms with E-state index in [1.54, 1.807) is 6.92 Å². The molecule has 3 atom stereocenters. The van der Waals surface area contributed by atoms with E-state index >= 15 is 0 Å². The predicted octanol–water partition coefficient (Wildman–Crippen LogP) is 3.78. The number of aromatic nitrogens is 2. The second-order valence-electron chi connectivity index (χ2n) is 10.6. The Morgan fingerprint density at radius 2 is 1.81 bits per heavy atom. The van der Waals surface area contributed by atoms with Crippen molar-refractivity contribution >= 4 is 6.09 Å². The minimum atomic E-state index is -0.622. The largest absolute Gasteiger partial charge is 0.449 e. The van der Waals surface area contributed by atoms with Crippen LogP contribution >= 0.6 is 0 Å². The Hall–Kier alpha value is -3.99. The van der Waals surface area contributed by atoms with Crippen LogP contribution in [-0.2, 0) is 14.2 Å². The molecule has 1 aromatic heterocycles. The van der Waals surface area contributed by atoms with Gasteiger partial charge < -0.3 is 24.6 Å². The lowest BCUT2D eigenvalue weighted by Crippen LogP contribution is -2.33. The third-order valence-electron chi connectivity index (χ3n) is 7.80. The summed E-state index contributed by atoms with van der Waals surface area (Å²) in [6.45, 7) is 2.55. The molecule has 0 spiro atoms. The third-order valence-corrected chi connectivity index (χ3v) is 7.80. The topological polar surface area (TPSA) is 132 Å². The number of aliphatic hydroxyl groups excluding tert-OH is 1. The predicted molar refractivity (Wildman–Crippen MR) is 157 cm³/mol. The summed E-state index contributed by atoms with van der Waals surface area (Å²) in [5, 5.41) is 12.5. The van der Waals surface area contributed by atoms with Gasteiger partial charge in [0.15, 0.2) is 0 Å². The second-order valence-corrected chi connectivity index (χ2v) is 10.6. The Balaban J connectivity index is 0.970. The van der Waals surface area contributed by atoms with Crippen molar-refractivity contribution in [2.24, 2.45) is 0 Å². The monoisotopic (exact) mass is 575 g/mol. The fraction of sp³-hybridized carbons (Fsp3) is 0.406. The molecule has 3 aromatic rings. The maximum atomic E-state index is 12.3. The van der Waals surface area contributed by atoms with Crippen molar-refractivity contribution in [3.05, 3.63) is 104 Å². The molecule has 42 heavy (non-hydrogen) atoms. The maximum absolute atomic E-state index is 12.3. The van der Waals surface area contributed by atoms with Crippen molar-refractivity contribution in [2.75, 3.05) is 26.4 Å². The molecular formula is C32H37N3O7. The number of rotatable bonds is 12. The number of nitrogens with zero attached hydrogens (tertiary/aromatic N) is 1. The molecule has 1 aliphatic carbocycles. The lowest BCUT2D eigenvalue weighted by atomic mass is 9.98. The molecule has 2 heterocycles. The molecular weight excluding hydrogens is 538 g/mol. The molecule has 1 amide bonds. The smallest absolute Gasteiger partial charge is 0.407 e. The first kappa shape index (κ1) is 29.5. The first-order chi connectivity index (χ1) is 20.5. The van der Waals surface area contributed by atoms with Crippen molar-refractivity contribution in [2.45, 2.75) is 57.0 Å². The summed E-state index contributed by atoms with van der Waals surface area (Å²) >= 11 is 0. The van der Waals surface area contributed by atoms with Crippen LogP contribution in [0.25, 0.3) is 11.1 Å². The van der Waals surface area contributed by atoms with E-state index in [1.807, 2.05) is 36.4 Å². The number of nitrogens with one attached hydrogen (secondary N) is 2. The Morgan fingerprint density at radius 1 is 1.10 bits per heavy atom. The molecule has 2 aliphatic rings. The van der Waals surface area contributed by atoms with E-state index < -0.39 is 29.7 Å². The summed E-state index contributed by atoms with van der Waals surface area (Å²) in [5.41, 5.74) is 4.20. The quantitative estimate of drug-likeness (QED) is 0.221. The number of hydrogen-bond acceptors (Lipinski definition) is 7. The van der Waals surface area contributed by atoms with Gasteiger partial charge in [0, 0.05) is 30.6 Å². The van der Waals surface area contributed by atoms with Gasteiger partial charge in [-0.2, -0.15) is 0 Å². The van der Waals surface area contributed by atoms with Crippen LogP contribution in [0.2, 0.25) is 0 Å². The number of hydrogen-bond donors (Lipinski definition) is 3. The summed E-state index contributed by atoms with van der Waals surface area (Å²) in [6, 6.07) is 16.5. The highest BCUT2D eigenvalue weighted by Gasteiger charge is 2.37. The fourth-order valence-corrected chi connectivity index (χ4v) is 5.60. The van der Waals surface area contributed by atoms with Gasteiger partial charge in [0.1, 0.15) is 18.9 Å². The second kappa shape index (κ2) is 13.8. The number of aliphatic hydroxyl groups is 1. The van der Waals surface area contributed by atoms with Gasteiger partial charge >= 0.3 is 11.8 Å². The van der Waals surface area contributed by atoms with Gasteiger partial charge in [-0.1, -0.05) is 60.7 Å². The highest BCUT2D eigenvalue weighted by atomic mass is 16.6. The summed E-state index contributed by atoms with van der Waals surface area (Å²) < 4.78 is 18.6. The number of H-pyrrole nitrogens is 1. The normalized spacial score (nSPS) is 19.6. The molecule has 0 bridgehead atoms. The molecule has 0 saturated carbocycles. The summed E-state index contributed by atoms with van der Waals surface area (Å²) in [5.74, 6) is 0.0424. The van der Waals surface area contributed by atoms with E-state index in [2.05, 4.69) is 34.6 Å². The van der Waals surface area contributed by atoms with Crippen LogP contribution in [0.1, 0.15) is 54.5 Å². The number of amides is 1. The zero-order chi connectivity index (χ0) is 29.5. The van der Waals surface area contributed by atoms with Crippen LogP contribution in [0, 0.1) is 6.92 Å². The number of alkyl carbamates (subject to hydrolysis) is 1. The number of benzene rings is 2. The molecule has 3 N–H and O–H groups in total. The van der Waals surface area contributed by atoms with Crippen LogP contribution in [0.5, 0.6) is 0 Å². The first-order valence-electron chi connectivity index (χ1n) is 14.4. The summed E-state index contributed by atoms with van der Waals surface area (Å²) in [4.78, 5) is 38.4. The van der Waals surface area contributed by atoms with Crippen molar-refractivity contribution in [1.82, 2.24) is 14.9 Å². The number of unbranched alkanes of at least 4 members (excludes halogenated alkanes) is 2. The number of aromatic amines is 1. The van der Waals surface area contributed by atoms with E-state index in [1.165, 1.54) is 33.0 Å². The van der Waals surface area contributed by atoms with Gasteiger partial charge in [0.05, 0.1) is 19.3 Å². The summed E-state index contributed by atoms with van der Waals surface area (Å²) in [7, 11) is 0. The highest BCUT2D eigenvalue weighted by molar-refractivity contribution is 5.79. The Kier molecular flexibility index (Phi) is 9.68. The Morgan fingerprint density at radius 3 is 2.52 bits per heavy atom. The first-order valence-corrected chi connectivity index (χ1v) is 14.4. The maximum Gasteiger partial charge on any atom is 0.407 e. The lowest BCUT2D eigenvalue weighted by molar-refractivity contribution is -0.0582. The van der Waals surface area contributed by atoms with Crippen LogP contribution in [-0.4, -0.2) is 59.3 Å². The molecule has 10 heteroatoms. The SMILES string of the molecule is Cc1cn([C@H]2C[C@H](OC/C=C/CCCCNC(=O)OCC3c4ccccc4-c4ccccc43)[C@@H](CO)O2)c(=O)[nH]c1=O. The van der Waals surface area contributed by atoms with E-state index in [0.29, 0.717) is 31.7 Å². The van der Waals surface area contributed by atoms with Crippen molar-refractivity contribution in [3.63, 3.8) is 0 Å². The van der Waals surface area contributed by atoms with Gasteiger partial charge in [-0.05, 0) is 48.4 Å². The van der Waals surface area contributed by atoms with Gasteiger partial charge in [-0.15, -0.1) is 0 Å². The van der Waals surface area contributed by atoms with E-state index in [9.17, 15) is 19.5 Å². The van der Waals surface area contributed by atoms with Gasteiger partial charge in [-0.25, -0.2) is 9.59 Å². The average Bonchev–Trinajstić information content (AvgIpc) is 3.55. The Bertz CT molecular complexity index is 1480. The van der Waals surface area contributed by atoms with E-state index in [4.69, 9.17) is 14.2 Å². The van der Waals surface area contributed by atoms with Crippen LogP contribution in [0.4, 0.5) is 4.79 Å². The number of aryl methyl sites for hydroxylation is 1. The van der Waals surface area contributed by atoms with Crippen molar-refractivity contribution in [3.8, 4) is 11.1 Å². The summed E-state index contributed by atoms with van der Waals surface area (Å²) in [6.07, 6.45) is 6.33. The number of allylic oxidation sites excluding steroid dienone is 1. The lowest BCUT2D eigenvalue weighted by Gasteiger charge is -2.15. The molecule has 2 aromatic carbocycles. The minimum absolute atomic E-state index is 0.0424. The molecule has 1 saturated heterocycles. The number of fused-ring (bicyclic) bond motifs is 3. The molecule has 5 rings (SSSR count). The van der Waals surface area contributed by atoms with Gasteiger partial charge in [0.25, 0.3) is 5.56 Å². The fourth-order valence-electron chi connectivity index (χ4n) is 5.60. The zero-order valence-corrected chi connectivity index (χ0v) is 23.7. The number of ether oxygens (including phenoxy) is 3. The molecule has 0 radical (unpaired) electrons. The van der Waals surface area contributed by atoms with Gasteiger partial charge in [-0.3, -0.25) is 14.3 Å². The van der Waals surface area contributed by atoms with Crippen LogP contribution < -0.4 is 16.6 Å². The molecule has 10 nitrogen and oxygen atoms in total.